The number of thioether (sulfide) groups is 1. The van der Waals surface area contributed by atoms with Crippen molar-refractivity contribution in [3.63, 3.8) is 0 Å². The number of para-hydroxylation sites is 1. The van der Waals surface area contributed by atoms with Gasteiger partial charge < -0.3 is 25.7 Å². The molecule has 1 unspecified atom stereocenters. The topological polar surface area (TPSA) is 122 Å². The van der Waals surface area contributed by atoms with Crippen LogP contribution in [0.25, 0.3) is 10.9 Å². The van der Waals surface area contributed by atoms with Crippen molar-refractivity contribution in [3.8, 4) is 0 Å². The first kappa shape index (κ1) is 32.7. The van der Waals surface area contributed by atoms with Crippen LogP contribution in [0.15, 0.2) is 30.5 Å². The Bertz CT molecular complexity index is 1280. The molecule has 0 aliphatic carbocycles. The second-order valence-electron chi connectivity index (χ2n) is 11.8. The van der Waals surface area contributed by atoms with Crippen LogP contribution in [-0.2, 0) is 25.6 Å². The molecule has 3 N–H and O–H groups in total. The zero-order valence-electron chi connectivity index (χ0n) is 25.9. The van der Waals surface area contributed by atoms with Gasteiger partial charge in [0.25, 0.3) is 0 Å². The van der Waals surface area contributed by atoms with Crippen molar-refractivity contribution >= 4 is 46.3 Å². The number of unbranched alkanes of at least 4 members (excludes halogenated alkanes) is 2. The summed E-state index contributed by atoms with van der Waals surface area (Å²) < 4.78 is 1.64. The number of hydrogen-bond donors (Lipinski definition) is 3. The average molecular weight is 614 g/mol. The lowest BCUT2D eigenvalue weighted by Crippen LogP contribution is -2.64. The van der Waals surface area contributed by atoms with E-state index in [-0.39, 0.29) is 30.1 Å². The maximum Gasteiger partial charge on any atom is 0.246 e. The number of nitrogens with one attached hydrogen (secondary N) is 3. The van der Waals surface area contributed by atoms with E-state index in [1.807, 2.05) is 44.3 Å². The number of benzene rings is 1. The molecule has 11 heteroatoms. The number of rotatable bonds is 11. The highest BCUT2D eigenvalue weighted by molar-refractivity contribution is 7.98. The molecule has 43 heavy (non-hydrogen) atoms. The number of fused-ring (bicyclic) bond motifs is 2. The van der Waals surface area contributed by atoms with Crippen LogP contribution in [0.1, 0.15) is 70.8 Å². The predicted octanol–water partition coefficient (Wildman–Crippen LogP) is 3.06. The molecule has 0 saturated carbocycles. The fraction of sp³-hybridized carbons (Fsp3) is 0.625. The minimum atomic E-state index is -0.963. The number of carbonyl (C=O) groups excluding carboxylic acids is 4. The molecule has 2 fully saturated rings. The molecular formula is C32H47N5O5S. The van der Waals surface area contributed by atoms with Crippen molar-refractivity contribution in [2.75, 3.05) is 25.7 Å². The lowest BCUT2D eigenvalue weighted by atomic mass is 9.93. The quantitative estimate of drug-likeness (QED) is 0.335. The second kappa shape index (κ2) is 15.5. The molecule has 4 rings (SSSR count). The molecule has 0 bridgehead atoms. The first-order chi connectivity index (χ1) is 20.8. The maximum absolute atomic E-state index is 14.0. The summed E-state index contributed by atoms with van der Waals surface area (Å²) in [6.07, 6.45) is 10.1. The van der Waals surface area contributed by atoms with Gasteiger partial charge in [0.15, 0.2) is 0 Å². The Morgan fingerprint density at radius 1 is 0.977 bits per heavy atom. The van der Waals surface area contributed by atoms with Crippen LogP contribution in [0.3, 0.4) is 0 Å². The van der Waals surface area contributed by atoms with E-state index < -0.39 is 30.1 Å². The fourth-order valence-electron chi connectivity index (χ4n) is 6.13. The molecule has 0 radical (unpaired) electrons. The van der Waals surface area contributed by atoms with Crippen molar-refractivity contribution in [3.05, 3.63) is 36.0 Å². The van der Waals surface area contributed by atoms with Gasteiger partial charge in [0.05, 0.1) is 5.52 Å². The molecule has 4 amide bonds. The molecule has 10 nitrogen and oxygen atoms in total. The molecule has 1 aromatic carbocycles. The molecule has 2 saturated heterocycles. The minimum Gasteiger partial charge on any atom is -0.417 e. The van der Waals surface area contributed by atoms with Gasteiger partial charge in [-0.3, -0.25) is 19.2 Å². The zero-order chi connectivity index (χ0) is 30.9. The zero-order valence-corrected chi connectivity index (χ0v) is 26.7. The SMILES string of the molecule is CCC(C)[C@@H]1NC(=O)[C@H](Cc2cn(OC)c3ccccc23)NC(=O)[C@H](CCCCCSC)NC(=O)[C@H]2CCCCN2C1=O. The molecule has 2 aromatic rings. The number of aromatic nitrogens is 1. The van der Waals surface area contributed by atoms with Crippen LogP contribution in [0.2, 0.25) is 0 Å². The molecular weight excluding hydrogens is 566 g/mol. The molecule has 2 aliphatic heterocycles. The Hall–Kier alpha value is -3.21. The van der Waals surface area contributed by atoms with Crippen LogP contribution in [0.4, 0.5) is 0 Å². The van der Waals surface area contributed by atoms with E-state index in [0.717, 1.165) is 54.3 Å². The van der Waals surface area contributed by atoms with E-state index in [1.54, 1.807) is 28.5 Å². The largest absolute Gasteiger partial charge is 0.417 e. The third-order valence-electron chi connectivity index (χ3n) is 8.85. The summed E-state index contributed by atoms with van der Waals surface area (Å²) in [5.74, 6) is -0.462. The van der Waals surface area contributed by atoms with Crippen molar-refractivity contribution in [2.45, 2.75) is 95.8 Å². The van der Waals surface area contributed by atoms with E-state index in [4.69, 9.17) is 4.84 Å². The van der Waals surface area contributed by atoms with Crippen LogP contribution in [-0.4, -0.2) is 83.1 Å². The number of amides is 4. The van der Waals surface area contributed by atoms with Crippen molar-refractivity contribution < 1.29 is 24.0 Å². The van der Waals surface area contributed by atoms with Gasteiger partial charge in [0.1, 0.15) is 31.3 Å². The Balaban J connectivity index is 1.69. The van der Waals surface area contributed by atoms with E-state index >= 15 is 0 Å². The standard InChI is InChI=1S/C32H47N5O5S/c1-5-21(2)28-32(41)36-17-11-10-16-27(36)31(40)33-24(14-7-6-12-18-43-4)29(38)34-25(30(39)35-28)19-22-20-37(42-3)26-15-9-8-13-23(22)26/h8-9,13,15,20-21,24-25,27-28H,5-7,10-12,14,16-19H2,1-4H3,(H,33,40)(H,34,38)(H,35,39)/t21?,24-,25-,27+,28-/m0/s1. The summed E-state index contributed by atoms with van der Waals surface area (Å²) in [5, 5.41) is 9.87. The first-order valence-corrected chi connectivity index (χ1v) is 17.0. The molecule has 1 aromatic heterocycles. The molecule has 3 heterocycles. The average Bonchev–Trinajstić information content (AvgIpc) is 3.38. The Labute approximate surface area is 259 Å². The summed E-state index contributed by atoms with van der Waals surface area (Å²) in [6.45, 7) is 4.36. The van der Waals surface area contributed by atoms with E-state index in [2.05, 4.69) is 22.2 Å². The number of hydrogen-bond acceptors (Lipinski definition) is 6. The van der Waals surface area contributed by atoms with Crippen LogP contribution in [0.5, 0.6) is 0 Å². The highest BCUT2D eigenvalue weighted by Crippen LogP contribution is 2.24. The minimum absolute atomic E-state index is 0.161. The monoisotopic (exact) mass is 613 g/mol. The van der Waals surface area contributed by atoms with Gasteiger partial charge in [-0.25, -0.2) is 0 Å². The van der Waals surface area contributed by atoms with Crippen LogP contribution < -0.4 is 20.8 Å². The van der Waals surface area contributed by atoms with Gasteiger partial charge >= 0.3 is 0 Å². The lowest BCUT2D eigenvalue weighted by molar-refractivity contribution is -0.147. The Kier molecular flexibility index (Phi) is 11.8. The number of piperidine rings is 1. The molecule has 236 valence electrons. The highest BCUT2D eigenvalue weighted by Gasteiger charge is 2.40. The van der Waals surface area contributed by atoms with Crippen LogP contribution in [0, 0.1) is 5.92 Å². The lowest BCUT2D eigenvalue weighted by Gasteiger charge is -2.39. The van der Waals surface area contributed by atoms with E-state index in [1.165, 1.54) is 0 Å². The van der Waals surface area contributed by atoms with Gasteiger partial charge in [-0.2, -0.15) is 16.5 Å². The van der Waals surface area contributed by atoms with Crippen molar-refractivity contribution in [1.29, 1.82) is 0 Å². The maximum atomic E-state index is 14.0. The van der Waals surface area contributed by atoms with Gasteiger partial charge in [-0.1, -0.05) is 51.3 Å². The van der Waals surface area contributed by atoms with E-state index in [9.17, 15) is 19.2 Å². The molecule has 2 aliphatic rings. The highest BCUT2D eigenvalue weighted by atomic mass is 32.2. The third kappa shape index (κ3) is 7.85. The summed E-state index contributed by atoms with van der Waals surface area (Å²) in [4.78, 5) is 62.7. The summed E-state index contributed by atoms with van der Waals surface area (Å²) in [6, 6.07) is 4.47. The van der Waals surface area contributed by atoms with E-state index in [0.29, 0.717) is 25.8 Å². The summed E-state index contributed by atoms with van der Waals surface area (Å²) >= 11 is 1.78. The van der Waals surface area contributed by atoms with Gasteiger partial charge in [0, 0.05) is 24.5 Å². The van der Waals surface area contributed by atoms with Crippen LogP contribution >= 0.6 is 11.8 Å². The van der Waals surface area contributed by atoms with Crippen molar-refractivity contribution in [2.24, 2.45) is 5.92 Å². The number of carbonyl (C=O) groups is 4. The van der Waals surface area contributed by atoms with Gasteiger partial charge in [0.2, 0.25) is 23.6 Å². The fourth-order valence-corrected chi connectivity index (χ4v) is 6.62. The smallest absolute Gasteiger partial charge is 0.246 e. The summed E-state index contributed by atoms with van der Waals surface area (Å²) in [5.41, 5.74) is 1.67. The van der Waals surface area contributed by atoms with Crippen molar-refractivity contribution in [1.82, 2.24) is 25.6 Å². The molecule has 0 spiro atoms. The van der Waals surface area contributed by atoms with Gasteiger partial charge in [-0.15, -0.1) is 0 Å². The Morgan fingerprint density at radius 3 is 2.47 bits per heavy atom. The third-order valence-corrected chi connectivity index (χ3v) is 9.55. The number of nitrogens with zero attached hydrogens (tertiary/aromatic N) is 2. The summed E-state index contributed by atoms with van der Waals surface area (Å²) in [7, 11) is 1.57. The second-order valence-corrected chi connectivity index (χ2v) is 12.7. The Morgan fingerprint density at radius 2 is 1.72 bits per heavy atom. The predicted molar refractivity (Wildman–Crippen MR) is 170 cm³/mol. The normalized spacial score (nSPS) is 24.3. The first-order valence-electron chi connectivity index (χ1n) is 15.6. The van der Waals surface area contributed by atoms with Gasteiger partial charge in [-0.05, 0) is 61.7 Å². The molecule has 5 atom stereocenters.